The molecule has 0 N–H and O–H groups in total. The molecule has 7 heteroatoms. The van der Waals surface area contributed by atoms with Gasteiger partial charge in [-0.1, -0.05) is 68.4 Å². The molecule has 204 valence electrons. The van der Waals surface area contributed by atoms with Gasteiger partial charge in [0.1, 0.15) is 30.2 Å². The highest BCUT2D eigenvalue weighted by Crippen LogP contribution is 2.50. The molecule has 1 aliphatic rings. The molecule has 0 amide bonds. The molecule has 4 aromatic carbocycles. The minimum Gasteiger partial charge on any atom is -0.497 e. The zero-order valence-electron chi connectivity index (χ0n) is 23.5. The van der Waals surface area contributed by atoms with Crippen LogP contribution in [0.15, 0.2) is 85.2 Å². The number of aromatic nitrogens is 4. The standard InChI is InChI=1S/C34H30N4O3/c1-20(2)25-15-9-21(3)17-28(25)40-18-29-36-33-32-30(23-10-13-24(39-4)14-11-23)31-26-8-6-5-7-22(26)12-16-27(31)41-34(32)35-19-38(33)37-29/h5-17,19-20,30H,18H2,1-4H3. The van der Waals surface area contributed by atoms with Crippen molar-refractivity contribution in [2.24, 2.45) is 0 Å². The van der Waals surface area contributed by atoms with Crippen LogP contribution in [0, 0.1) is 6.92 Å². The van der Waals surface area contributed by atoms with E-state index >= 15 is 0 Å². The predicted molar refractivity (Wildman–Crippen MR) is 158 cm³/mol. The van der Waals surface area contributed by atoms with Crippen molar-refractivity contribution < 1.29 is 14.2 Å². The lowest BCUT2D eigenvalue weighted by Crippen LogP contribution is -2.15. The Bertz CT molecular complexity index is 1910. The third kappa shape index (κ3) is 4.34. The lowest BCUT2D eigenvalue weighted by atomic mass is 9.81. The normalized spacial score (nSPS) is 14.1. The second-order valence-electron chi connectivity index (χ2n) is 10.8. The average molecular weight is 543 g/mol. The van der Waals surface area contributed by atoms with Crippen LogP contribution in [0.1, 0.15) is 59.3 Å². The summed E-state index contributed by atoms with van der Waals surface area (Å²) in [6, 6.07) is 27.0. The zero-order valence-corrected chi connectivity index (χ0v) is 23.5. The summed E-state index contributed by atoms with van der Waals surface area (Å²) in [5, 5.41) is 7.02. The number of ether oxygens (including phenoxy) is 3. The first-order valence-corrected chi connectivity index (χ1v) is 13.8. The van der Waals surface area contributed by atoms with Gasteiger partial charge in [-0.3, -0.25) is 0 Å². The van der Waals surface area contributed by atoms with Crippen LogP contribution >= 0.6 is 0 Å². The second-order valence-corrected chi connectivity index (χ2v) is 10.8. The van der Waals surface area contributed by atoms with Crippen LogP contribution < -0.4 is 14.2 Å². The van der Waals surface area contributed by atoms with Gasteiger partial charge in [0, 0.05) is 11.5 Å². The highest BCUT2D eigenvalue weighted by Gasteiger charge is 2.34. The number of aryl methyl sites for hydroxylation is 1. The topological polar surface area (TPSA) is 70.8 Å². The number of fused-ring (bicyclic) bond motifs is 6. The van der Waals surface area contributed by atoms with Crippen LogP contribution in [0.25, 0.3) is 16.4 Å². The molecule has 1 aliphatic heterocycles. The maximum Gasteiger partial charge on any atom is 0.228 e. The van der Waals surface area contributed by atoms with E-state index in [4.69, 9.17) is 24.3 Å². The summed E-state index contributed by atoms with van der Waals surface area (Å²) in [7, 11) is 1.68. The van der Waals surface area contributed by atoms with Crippen LogP contribution in [0.2, 0.25) is 0 Å². The summed E-state index contributed by atoms with van der Waals surface area (Å²) in [6.07, 6.45) is 1.66. The summed E-state index contributed by atoms with van der Waals surface area (Å²) in [5.74, 6) is 3.72. The Kier molecular flexibility index (Phi) is 6.07. The van der Waals surface area contributed by atoms with Gasteiger partial charge in [-0.2, -0.15) is 0 Å². The highest BCUT2D eigenvalue weighted by molar-refractivity contribution is 5.90. The molecule has 0 radical (unpaired) electrons. The maximum atomic E-state index is 6.44. The van der Waals surface area contributed by atoms with Gasteiger partial charge in [-0.25, -0.2) is 14.5 Å². The molecule has 0 aliphatic carbocycles. The van der Waals surface area contributed by atoms with Crippen molar-refractivity contribution in [1.82, 2.24) is 19.6 Å². The highest BCUT2D eigenvalue weighted by atomic mass is 16.5. The van der Waals surface area contributed by atoms with Gasteiger partial charge in [-0.05, 0) is 64.6 Å². The SMILES string of the molecule is COc1ccc(C2c3c(ccc4ccccc34)Oc3ncn4nc(COc5cc(C)ccc5C(C)C)nc4c32)cc1. The molecule has 1 atom stereocenters. The Morgan fingerprint density at radius 3 is 2.59 bits per heavy atom. The minimum atomic E-state index is -0.177. The van der Waals surface area contributed by atoms with E-state index in [1.54, 1.807) is 18.0 Å². The number of hydrogen-bond acceptors (Lipinski definition) is 6. The summed E-state index contributed by atoms with van der Waals surface area (Å²) in [4.78, 5) is 9.67. The van der Waals surface area contributed by atoms with E-state index in [1.807, 2.05) is 18.2 Å². The molecule has 0 saturated heterocycles. The average Bonchev–Trinajstić information content (AvgIpc) is 3.42. The van der Waals surface area contributed by atoms with Crippen LogP contribution in [-0.4, -0.2) is 26.7 Å². The van der Waals surface area contributed by atoms with Gasteiger partial charge in [-0.15, -0.1) is 5.10 Å². The Balaban J connectivity index is 1.36. The van der Waals surface area contributed by atoms with E-state index in [9.17, 15) is 0 Å². The predicted octanol–water partition coefficient (Wildman–Crippen LogP) is 7.58. The number of hydrogen-bond donors (Lipinski definition) is 0. The Hall–Kier alpha value is -4.91. The number of nitrogens with zero attached hydrogens (tertiary/aromatic N) is 4. The smallest absolute Gasteiger partial charge is 0.228 e. The molecule has 3 heterocycles. The Labute approximate surface area is 238 Å². The largest absolute Gasteiger partial charge is 0.497 e. The third-order valence-electron chi connectivity index (χ3n) is 7.74. The maximum absolute atomic E-state index is 6.44. The number of rotatable bonds is 6. The lowest BCUT2D eigenvalue weighted by molar-refractivity contribution is 0.291. The molecule has 2 aromatic heterocycles. The molecule has 0 saturated carbocycles. The quantitative estimate of drug-likeness (QED) is 0.216. The van der Waals surface area contributed by atoms with Crippen LogP contribution in [0.3, 0.4) is 0 Å². The van der Waals surface area contributed by atoms with Crippen LogP contribution in [0.4, 0.5) is 0 Å². The van der Waals surface area contributed by atoms with E-state index < -0.39 is 0 Å². The lowest BCUT2D eigenvalue weighted by Gasteiger charge is -2.29. The fourth-order valence-electron chi connectivity index (χ4n) is 5.73. The van der Waals surface area contributed by atoms with E-state index in [-0.39, 0.29) is 12.5 Å². The van der Waals surface area contributed by atoms with Crippen molar-refractivity contribution in [1.29, 1.82) is 0 Å². The zero-order chi connectivity index (χ0) is 28.1. The molecule has 6 aromatic rings. The third-order valence-corrected chi connectivity index (χ3v) is 7.74. The van der Waals surface area contributed by atoms with Crippen molar-refractivity contribution in [3.63, 3.8) is 0 Å². The van der Waals surface area contributed by atoms with Crippen molar-refractivity contribution in [2.75, 3.05) is 7.11 Å². The van der Waals surface area contributed by atoms with E-state index in [0.717, 1.165) is 55.8 Å². The number of methoxy groups -OCH3 is 1. The van der Waals surface area contributed by atoms with E-state index in [1.165, 1.54) is 0 Å². The summed E-state index contributed by atoms with van der Waals surface area (Å²) >= 11 is 0. The monoisotopic (exact) mass is 542 g/mol. The van der Waals surface area contributed by atoms with Gasteiger partial charge in [0.15, 0.2) is 11.5 Å². The van der Waals surface area contributed by atoms with Crippen LogP contribution in [-0.2, 0) is 6.61 Å². The molecule has 0 bridgehead atoms. The van der Waals surface area contributed by atoms with Gasteiger partial charge in [0.05, 0.1) is 12.7 Å². The van der Waals surface area contributed by atoms with E-state index in [2.05, 4.69) is 86.4 Å². The van der Waals surface area contributed by atoms with Crippen LogP contribution in [0.5, 0.6) is 23.1 Å². The summed E-state index contributed by atoms with van der Waals surface area (Å²) < 4.78 is 19.9. The fourth-order valence-corrected chi connectivity index (χ4v) is 5.73. The summed E-state index contributed by atoms with van der Waals surface area (Å²) in [6.45, 7) is 6.64. The molecule has 0 fully saturated rings. The molecule has 41 heavy (non-hydrogen) atoms. The first-order valence-electron chi connectivity index (χ1n) is 13.8. The fraction of sp³-hybridized carbons (Fsp3) is 0.206. The minimum absolute atomic E-state index is 0.177. The molecular formula is C34H30N4O3. The summed E-state index contributed by atoms with van der Waals surface area (Å²) in [5.41, 5.74) is 6.05. The molecule has 0 spiro atoms. The van der Waals surface area contributed by atoms with E-state index in [0.29, 0.717) is 23.3 Å². The van der Waals surface area contributed by atoms with Gasteiger partial charge in [0.25, 0.3) is 0 Å². The second kappa shape index (κ2) is 9.93. The number of benzene rings is 4. The van der Waals surface area contributed by atoms with Gasteiger partial charge >= 0.3 is 0 Å². The molecule has 7 rings (SSSR count). The van der Waals surface area contributed by atoms with Crippen molar-refractivity contribution in [3.05, 3.63) is 119 Å². The molecule has 7 nitrogen and oxygen atoms in total. The van der Waals surface area contributed by atoms with Crippen molar-refractivity contribution in [2.45, 2.75) is 39.2 Å². The van der Waals surface area contributed by atoms with Gasteiger partial charge < -0.3 is 14.2 Å². The van der Waals surface area contributed by atoms with Gasteiger partial charge in [0.2, 0.25) is 5.88 Å². The molecule has 1 unspecified atom stereocenters. The first-order chi connectivity index (χ1) is 20.0. The van der Waals surface area contributed by atoms with Crippen molar-refractivity contribution in [3.8, 4) is 23.1 Å². The molecular weight excluding hydrogens is 512 g/mol. The first kappa shape index (κ1) is 25.1. The Morgan fingerprint density at radius 1 is 0.951 bits per heavy atom. The van der Waals surface area contributed by atoms with Crippen molar-refractivity contribution >= 4 is 16.4 Å². The Morgan fingerprint density at radius 2 is 1.78 bits per heavy atom.